The Morgan fingerprint density at radius 1 is 1.27 bits per heavy atom. The van der Waals surface area contributed by atoms with Crippen molar-refractivity contribution in [3.05, 3.63) is 23.8 Å². The number of ether oxygens (including phenoxy) is 2. The summed E-state index contributed by atoms with van der Waals surface area (Å²) >= 11 is 0. The molecule has 1 unspecified atom stereocenters. The quantitative estimate of drug-likeness (QED) is 0.779. The number of hydrogen-bond donors (Lipinski definition) is 2. The number of rotatable bonds is 5. The maximum Gasteiger partial charge on any atom is 0.234 e. The van der Waals surface area contributed by atoms with Crippen LogP contribution >= 0.6 is 0 Å². The van der Waals surface area contributed by atoms with Gasteiger partial charge < -0.3 is 20.1 Å². The molecule has 1 atom stereocenters. The number of carbonyl (C=O) groups is 1. The summed E-state index contributed by atoms with van der Waals surface area (Å²) in [7, 11) is -2.97. The first-order chi connectivity index (χ1) is 10.5. The summed E-state index contributed by atoms with van der Waals surface area (Å²) in [6.07, 6.45) is 0.496. The second kappa shape index (κ2) is 6.13. The number of amides is 1. The van der Waals surface area contributed by atoms with Gasteiger partial charge >= 0.3 is 0 Å². The summed E-state index contributed by atoms with van der Waals surface area (Å²) in [6, 6.07) is 5.35. The molecule has 7 nitrogen and oxygen atoms in total. The number of fused-ring (bicyclic) bond motifs is 1. The van der Waals surface area contributed by atoms with Crippen molar-refractivity contribution in [2.45, 2.75) is 19.0 Å². The molecule has 2 aliphatic heterocycles. The highest BCUT2D eigenvalue weighted by molar-refractivity contribution is 7.91. The molecule has 1 aromatic rings. The summed E-state index contributed by atoms with van der Waals surface area (Å²) < 4.78 is 33.2. The lowest BCUT2D eigenvalue weighted by molar-refractivity contribution is -0.120. The normalized spacial score (nSPS) is 21.7. The lowest BCUT2D eigenvalue weighted by atomic mass is 10.2. The summed E-state index contributed by atoms with van der Waals surface area (Å²) in [4.78, 5) is 11.8. The van der Waals surface area contributed by atoms with Crippen molar-refractivity contribution in [2.24, 2.45) is 0 Å². The van der Waals surface area contributed by atoms with E-state index in [4.69, 9.17) is 9.47 Å². The molecule has 1 fully saturated rings. The minimum Gasteiger partial charge on any atom is -0.454 e. The molecule has 1 amide bonds. The van der Waals surface area contributed by atoms with Gasteiger partial charge in [0.15, 0.2) is 21.3 Å². The van der Waals surface area contributed by atoms with Crippen LogP contribution in [-0.4, -0.2) is 45.2 Å². The predicted octanol–water partition coefficient (Wildman–Crippen LogP) is -0.192. The SMILES string of the molecule is O=C(CNCc1ccc2c(c1)OCO2)NC1CCS(=O)(=O)C1. The zero-order valence-electron chi connectivity index (χ0n) is 12.0. The summed E-state index contributed by atoms with van der Waals surface area (Å²) in [5.41, 5.74) is 0.987. The van der Waals surface area contributed by atoms with Gasteiger partial charge in [0.1, 0.15) is 0 Å². The minimum absolute atomic E-state index is 0.0426. The molecule has 8 heteroatoms. The molecule has 1 saturated heterocycles. The fourth-order valence-corrected chi connectivity index (χ4v) is 4.23. The molecule has 0 aromatic heterocycles. The smallest absolute Gasteiger partial charge is 0.234 e. The van der Waals surface area contributed by atoms with E-state index in [2.05, 4.69) is 10.6 Å². The van der Waals surface area contributed by atoms with Crippen LogP contribution in [0.5, 0.6) is 11.5 Å². The lowest BCUT2D eigenvalue weighted by Gasteiger charge is -2.11. The minimum atomic E-state index is -2.97. The summed E-state index contributed by atoms with van der Waals surface area (Å²) in [5.74, 6) is 1.44. The Morgan fingerprint density at radius 3 is 2.86 bits per heavy atom. The maximum absolute atomic E-state index is 11.8. The van der Waals surface area contributed by atoms with E-state index in [1.54, 1.807) is 0 Å². The zero-order chi connectivity index (χ0) is 15.6. The van der Waals surface area contributed by atoms with Gasteiger partial charge in [-0.05, 0) is 24.1 Å². The Labute approximate surface area is 128 Å². The van der Waals surface area contributed by atoms with Crippen molar-refractivity contribution in [3.8, 4) is 11.5 Å². The Morgan fingerprint density at radius 2 is 2.09 bits per heavy atom. The van der Waals surface area contributed by atoms with Gasteiger partial charge in [-0.3, -0.25) is 4.79 Å². The van der Waals surface area contributed by atoms with Crippen molar-refractivity contribution in [2.75, 3.05) is 24.8 Å². The monoisotopic (exact) mass is 326 g/mol. The van der Waals surface area contributed by atoms with Gasteiger partial charge in [0.25, 0.3) is 0 Å². The van der Waals surface area contributed by atoms with Crippen molar-refractivity contribution < 1.29 is 22.7 Å². The lowest BCUT2D eigenvalue weighted by Crippen LogP contribution is -2.40. The molecular weight excluding hydrogens is 308 g/mol. The summed E-state index contributed by atoms with van der Waals surface area (Å²) in [5, 5.41) is 5.77. The van der Waals surface area contributed by atoms with Gasteiger partial charge in [0.2, 0.25) is 12.7 Å². The van der Waals surface area contributed by atoms with Crippen molar-refractivity contribution >= 4 is 15.7 Å². The van der Waals surface area contributed by atoms with Gasteiger partial charge in [-0.25, -0.2) is 8.42 Å². The molecule has 0 bridgehead atoms. The third kappa shape index (κ3) is 3.69. The number of nitrogens with one attached hydrogen (secondary N) is 2. The van der Waals surface area contributed by atoms with Gasteiger partial charge in [-0.2, -0.15) is 0 Å². The fourth-order valence-electron chi connectivity index (χ4n) is 2.56. The van der Waals surface area contributed by atoms with Gasteiger partial charge in [0, 0.05) is 12.6 Å². The number of sulfone groups is 1. The van der Waals surface area contributed by atoms with Crippen LogP contribution in [0.4, 0.5) is 0 Å². The number of carbonyl (C=O) groups excluding carboxylic acids is 1. The van der Waals surface area contributed by atoms with E-state index >= 15 is 0 Å². The largest absolute Gasteiger partial charge is 0.454 e. The van der Waals surface area contributed by atoms with Crippen molar-refractivity contribution in [1.29, 1.82) is 0 Å². The zero-order valence-corrected chi connectivity index (χ0v) is 12.8. The van der Waals surface area contributed by atoms with E-state index < -0.39 is 9.84 Å². The van der Waals surface area contributed by atoms with Crippen LogP contribution in [0.15, 0.2) is 18.2 Å². The molecule has 2 N–H and O–H groups in total. The van der Waals surface area contributed by atoms with Crippen LogP contribution in [0.2, 0.25) is 0 Å². The molecule has 2 aliphatic rings. The molecule has 0 saturated carbocycles. The molecule has 1 aromatic carbocycles. The third-order valence-corrected chi connectivity index (χ3v) is 5.42. The van der Waals surface area contributed by atoms with Crippen LogP contribution in [-0.2, 0) is 21.2 Å². The summed E-state index contributed by atoms with van der Waals surface area (Å²) in [6.45, 7) is 0.900. The van der Waals surface area contributed by atoms with Gasteiger partial charge in [0.05, 0.1) is 18.1 Å². The average Bonchev–Trinajstić information content (AvgIpc) is 3.04. The van der Waals surface area contributed by atoms with Crippen LogP contribution < -0.4 is 20.1 Å². The number of benzene rings is 1. The Bertz CT molecular complexity index is 674. The highest BCUT2D eigenvalue weighted by Crippen LogP contribution is 2.32. The number of hydrogen-bond acceptors (Lipinski definition) is 6. The van der Waals surface area contributed by atoms with E-state index in [0.29, 0.717) is 18.7 Å². The van der Waals surface area contributed by atoms with E-state index in [1.165, 1.54) is 0 Å². The molecule has 0 aliphatic carbocycles. The van der Waals surface area contributed by atoms with E-state index in [9.17, 15) is 13.2 Å². The molecule has 22 heavy (non-hydrogen) atoms. The molecule has 2 heterocycles. The molecule has 120 valence electrons. The average molecular weight is 326 g/mol. The first kappa shape index (κ1) is 15.1. The van der Waals surface area contributed by atoms with Gasteiger partial charge in [-0.15, -0.1) is 0 Å². The Balaban J connectivity index is 1.42. The van der Waals surface area contributed by atoms with E-state index in [-0.39, 0.29) is 36.8 Å². The highest BCUT2D eigenvalue weighted by atomic mass is 32.2. The van der Waals surface area contributed by atoms with Gasteiger partial charge in [-0.1, -0.05) is 6.07 Å². The molecule has 0 radical (unpaired) electrons. The Hall–Kier alpha value is -1.80. The van der Waals surface area contributed by atoms with E-state index in [0.717, 1.165) is 11.3 Å². The van der Waals surface area contributed by atoms with E-state index in [1.807, 2.05) is 18.2 Å². The molecule has 3 rings (SSSR count). The van der Waals surface area contributed by atoms with Crippen LogP contribution in [0.3, 0.4) is 0 Å². The topological polar surface area (TPSA) is 93.7 Å². The van der Waals surface area contributed by atoms with Crippen LogP contribution in [0.1, 0.15) is 12.0 Å². The van der Waals surface area contributed by atoms with Crippen molar-refractivity contribution in [1.82, 2.24) is 10.6 Å². The standard InChI is InChI=1S/C14H18N2O5S/c17-14(16-11-3-4-22(18,19)8-11)7-15-6-10-1-2-12-13(5-10)21-9-20-12/h1-2,5,11,15H,3-4,6-9H2,(H,16,17). The maximum atomic E-state index is 11.8. The second-order valence-electron chi connectivity index (χ2n) is 5.46. The first-order valence-electron chi connectivity index (χ1n) is 7.11. The molecular formula is C14H18N2O5S. The second-order valence-corrected chi connectivity index (χ2v) is 7.69. The van der Waals surface area contributed by atoms with Crippen LogP contribution in [0.25, 0.3) is 0 Å². The third-order valence-electron chi connectivity index (χ3n) is 3.65. The highest BCUT2D eigenvalue weighted by Gasteiger charge is 2.28. The molecule has 0 spiro atoms. The van der Waals surface area contributed by atoms with Crippen LogP contribution in [0, 0.1) is 0 Å². The van der Waals surface area contributed by atoms with Crippen molar-refractivity contribution in [3.63, 3.8) is 0 Å². The Kier molecular flexibility index (Phi) is 4.21. The predicted molar refractivity (Wildman–Crippen MR) is 79.5 cm³/mol. The fraction of sp³-hybridized carbons (Fsp3) is 0.500. The first-order valence-corrected chi connectivity index (χ1v) is 8.93.